The van der Waals surface area contributed by atoms with Gasteiger partial charge >= 0.3 is 0 Å². The molecule has 1 unspecified atom stereocenters. The summed E-state index contributed by atoms with van der Waals surface area (Å²) in [5, 5.41) is 4.43. The topological polar surface area (TPSA) is 60.6 Å². The van der Waals surface area contributed by atoms with Crippen LogP contribution in [0, 0.1) is 0 Å². The van der Waals surface area contributed by atoms with Crippen LogP contribution in [0.25, 0.3) is 11.3 Å². The molecule has 1 fully saturated rings. The maximum atomic E-state index is 5.71. The Hall–Kier alpha value is -2.86. The SMILES string of the molecule is c1ccc(CN2CCCCCC2c2cc(-c3ccc4c(c3)OCO4)on2)nc1. The molecular formula is C22H23N3O3. The van der Waals surface area contributed by atoms with Gasteiger partial charge in [0, 0.05) is 24.4 Å². The van der Waals surface area contributed by atoms with Gasteiger partial charge in [-0.2, -0.15) is 0 Å². The molecule has 3 aromatic rings. The van der Waals surface area contributed by atoms with E-state index in [0.29, 0.717) is 0 Å². The number of nitrogens with zero attached hydrogens (tertiary/aromatic N) is 3. The number of hydrogen-bond donors (Lipinski definition) is 0. The van der Waals surface area contributed by atoms with Gasteiger partial charge in [0.2, 0.25) is 6.79 Å². The molecule has 28 heavy (non-hydrogen) atoms. The molecule has 0 N–H and O–H groups in total. The normalized spacial score (nSPS) is 19.5. The number of rotatable bonds is 4. The first kappa shape index (κ1) is 17.3. The fourth-order valence-electron chi connectivity index (χ4n) is 4.02. The highest BCUT2D eigenvalue weighted by molar-refractivity contribution is 5.63. The molecule has 1 saturated heterocycles. The van der Waals surface area contributed by atoms with E-state index in [1.54, 1.807) is 0 Å². The summed E-state index contributed by atoms with van der Waals surface area (Å²) in [7, 11) is 0. The molecular weight excluding hydrogens is 354 g/mol. The van der Waals surface area contributed by atoms with Gasteiger partial charge in [0.15, 0.2) is 17.3 Å². The lowest BCUT2D eigenvalue weighted by Gasteiger charge is -2.27. The van der Waals surface area contributed by atoms with Gasteiger partial charge in [-0.1, -0.05) is 24.1 Å². The zero-order valence-corrected chi connectivity index (χ0v) is 15.7. The van der Waals surface area contributed by atoms with Crippen LogP contribution in [0.3, 0.4) is 0 Å². The number of aromatic nitrogens is 2. The molecule has 1 aromatic carbocycles. The number of likely N-dealkylation sites (tertiary alicyclic amines) is 1. The van der Waals surface area contributed by atoms with Crippen LogP contribution in [0.2, 0.25) is 0 Å². The second kappa shape index (κ2) is 7.64. The fraction of sp³-hybridized carbons (Fsp3) is 0.364. The third-order valence-corrected chi connectivity index (χ3v) is 5.48. The second-order valence-electron chi connectivity index (χ2n) is 7.34. The predicted octanol–water partition coefficient (Wildman–Crippen LogP) is 4.58. The van der Waals surface area contributed by atoms with Gasteiger partial charge < -0.3 is 14.0 Å². The largest absolute Gasteiger partial charge is 0.454 e. The number of ether oxygens (including phenoxy) is 2. The molecule has 6 nitrogen and oxygen atoms in total. The Bertz CT molecular complexity index is 941. The van der Waals surface area contributed by atoms with E-state index in [2.05, 4.69) is 27.2 Å². The first-order chi connectivity index (χ1) is 13.9. The Labute approximate surface area is 164 Å². The minimum Gasteiger partial charge on any atom is -0.454 e. The standard InChI is InChI=1S/C22H23N3O3/c1-2-7-19(25(11-5-1)14-17-6-3-4-10-23-17)18-13-21(28-24-18)16-8-9-20-22(12-16)27-15-26-20/h3-4,6,8-10,12-13,19H,1-2,5,7,11,14-15H2. The van der Waals surface area contributed by atoms with Gasteiger partial charge in [-0.15, -0.1) is 0 Å². The zero-order valence-electron chi connectivity index (χ0n) is 15.7. The van der Waals surface area contributed by atoms with Crippen LogP contribution in [-0.4, -0.2) is 28.4 Å². The molecule has 0 spiro atoms. The van der Waals surface area contributed by atoms with Crippen LogP contribution in [0.1, 0.15) is 43.1 Å². The van der Waals surface area contributed by atoms with Crippen LogP contribution >= 0.6 is 0 Å². The molecule has 144 valence electrons. The van der Waals surface area contributed by atoms with Crippen molar-refractivity contribution in [3.8, 4) is 22.8 Å². The van der Waals surface area contributed by atoms with E-state index < -0.39 is 0 Å². The Morgan fingerprint density at radius 1 is 1.00 bits per heavy atom. The molecule has 4 heterocycles. The van der Waals surface area contributed by atoms with Crippen LogP contribution in [0.15, 0.2) is 53.2 Å². The molecule has 0 amide bonds. The Morgan fingerprint density at radius 3 is 2.89 bits per heavy atom. The lowest BCUT2D eigenvalue weighted by molar-refractivity contribution is 0.174. The minimum atomic E-state index is 0.246. The Balaban J connectivity index is 1.40. The average Bonchev–Trinajstić information content (AvgIpc) is 3.35. The van der Waals surface area contributed by atoms with Crippen LogP contribution < -0.4 is 9.47 Å². The average molecular weight is 377 g/mol. The van der Waals surface area contributed by atoms with Gasteiger partial charge in [-0.3, -0.25) is 9.88 Å². The van der Waals surface area contributed by atoms with E-state index in [1.807, 2.05) is 36.5 Å². The second-order valence-corrected chi connectivity index (χ2v) is 7.34. The van der Waals surface area contributed by atoms with E-state index in [-0.39, 0.29) is 12.8 Å². The van der Waals surface area contributed by atoms with E-state index in [1.165, 1.54) is 19.3 Å². The van der Waals surface area contributed by atoms with Crippen molar-refractivity contribution in [2.24, 2.45) is 0 Å². The molecule has 0 bridgehead atoms. The van der Waals surface area contributed by atoms with Crippen molar-refractivity contribution in [3.05, 3.63) is 60.0 Å². The van der Waals surface area contributed by atoms with E-state index in [4.69, 9.17) is 14.0 Å². The maximum Gasteiger partial charge on any atom is 0.231 e. The van der Waals surface area contributed by atoms with Crippen molar-refractivity contribution in [1.82, 2.24) is 15.0 Å². The number of pyridine rings is 1. The third kappa shape index (κ3) is 3.47. The molecule has 5 rings (SSSR count). The first-order valence-electron chi connectivity index (χ1n) is 9.87. The smallest absolute Gasteiger partial charge is 0.231 e. The van der Waals surface area contributed by atoms with Crippen LogP contribution in [0.5, 0.6) is 11.5 Å². The quantitative estimate of drug-likeness (QED) is 0.663. The van der Waals surface area contributed by atoms with E-state index in [0.717, 1.165) is 53.7 Å². The highest BCUT2D eigenvalue weighted by Crippen LogP contribution is 2.37. The highest BCUT2D eigenvalue weighted by Gasteiger charge is 2.26. The molecule has 2 aliphatic rings. The van der Waals surface area contributed by atoms with Gasteiger partial charge in [-0.25, -0.2) is 0 Å². The molecule has 6 heteroatoms. The summed E-state index contributed by atoms with van der Waals surface area (Å²) in [5.74, 6) is 2.28. The van der Waals surface area contributed by atoms with E-state index >= 15 is 0 Å². The van der Waals surface area contributed by atoms with Crippen LogP contribution in [-0.2, 0) is 6.54 Å². The van der Waals surface area contributed by atoms with Gasteiger partial charge in [0.25, 0.3) is 0 Å². The molecule has 0 aliphatic carbocycles. The molecule has 2 aromatic heterocycles. The lowest BCUT2D eigenvalue weighted by atomic mass is 10.0. The van der Waals surface area contributed by atoms with Crippen molar-refractivity contribution in [3.63, 3.8) is 0 Å². The zero-order chi connectivity index (χ0) is 18.8. The fourth-order valence-corrected chi connectivity index (χ4v) is 4.02. The molecule has 1 atom stereocenters. The van der Waals surface area contributed by atoms with Crippen molar-refractivity contribution < 1.29 is 14.0 Å². The third-order valence-electron chi connectivity index (χ3n) is 5.48. The number of benzene rings is 1. The summed E-state index contributed by atoms with van der Waals surface area (Å²) >= 11 is 0. The maximum absolute atomic E-state index is 5.71. The predicted molar refractivity (Wildman–Crippen MR) is 104 cm³/mol. The molecule has 0 radical (unpaired) electrons. The monoisotopic (exact) mass is 377 g/mol. The number of fused-ring (bicyclic) bond motifs is 1. The van der Waals surface area contributed by atoms with Gasteiger partial charge in [-0.05, 0) is 49.7 Å². The summed E-state index contributed by atoms with van der Waals surface area (Å²) in [4.78, 5) is 6.99. The Kier molecular flexibility index (Phi) is 4.71. The summed E-state index contributed by atoms with van der Waals surface area (Å²) in [6, 6.07) is 14.3. The van der Waals surface area contributed by atoms with Crippen molar-refractivity contribution in [1.29, 1.82) is 0 Å². The van der Waals surface area contributed by atoms with Crippen molar-refractivity contribution in [2.45, 2.75) is 38.3 Å². The molecule has 2 aliphatic heterocycles. The van der Waals surface area contributed by atoms with Crippen molar-refractivity contribution >= 4 is 0 Å². The van der Waals surface area contributed by atoms with Crippen molar-refractivity contribution in [2.75, 3.05) is 13.3 Å². The summed E-state index contributed by atoms with van der Waals surface area (Å²) < 4.78 is 16.6. The molecule has 0 saturated carbocycles. The summed E-state index contributed by atoms with van der Waals surface area (Å²) in [6.07, 6.45) is 6.60. The minimum absolute atomic E-state index is 0.246. The van der Waals surface area contributed by atoms with Gasteiger partial charge in [0.05, 0.1) is 11.7 Å². The van der Waals surface area contributed by atoms with E-state index in [9.17, 15) is 0 Å². The lowest BCUT2D eigenvalue weighted by Crippen LogP contribution is -2.28. The number of hydrogen-bond acceptors (Lipinski definition) is 6. The highest BCUT2D eigenvalue weighted by atomic mass is 16.7. The Morgan fingerprint density at radius 2 is 1.96 bits per heavy atom. The van der Waals surface area contributed by atoms with Crippen LogP contribution in [0.4, 0.5) is 0 Å². The summed E-state index contributed by atoms with van der Waals surface area (Å²) in [5.41, 5.74) is 3.03. The first-order valence-corrected chi connectivity index (χ1v) is 9.87. The summed E-state index contributed by atoms with van der Waals surface area (Å²) in [6.45, 7) is 2.15. The van der Waals surface area contributed by atoms with Gasteiger partial charge in [0.1, 0.15) is 5.69 Å².